The zero-order valence-electron chi connectivity index (χ0n) is 7.58. The van der Waals surface area contributed by atoms with Crippen molar-refractivity contribution in [3.05, 3.63) is 12.2 Å². The first-order chi connectivity index (χ1) is 5.40. The van der Waals surface area contributed by atoms with E-state index in [2.05, 4.69) is 6.58 Å². The highest BCUT2D eigenvalue weighted by Gasteiger charge is 2.15. The molecule has 0 rings (SSSR count). The largest absolute Gasteiger partial charge is 0.329 e. The first-order valence-electron chi connectivity index (χ1n) is 3.68. The monoisotopic (exact) mass is 192 g/mol. The third kappa shape index (κ3) is 3.85. The van der Waals surface area contributed by atoms with Gasteiger partial charge in [-0.25, -0.2) is 12.7 Å². The van der Waals surface area contributed by atoms with E-state index in [1.54, 1.807) is 6.92 Å². The summed E-state index contributed by atoms with van der Waals surface area (Å²) in [5.74, 6) is -0.00319. The van der Waals surface area contributed by atoms with Crippen molar-refractivity contribution in [1.82, 2.24) is 4.31 Å². The van der Waals surface area contributed by atoms with Crippen molar-refractivity contribution >= 4 is 10.0 Å². The average molecular weight is 192 g/mol. The SMILES string of the molecule is C=C(C)CN(C)S(=O)(=O)CCN. The van der Waals surface area contributed by atoms with Gasteiger partial charge in [0.1, 0.15) is 0 Å². The average Bonchev–Trinajstić information content (AvgIpc) is 1.85. The highest BCUT2D eigenvalue weighted by atomic mass is 32.2. The number of hydrogen-bond acceptors (Lipinski definition) is 3. The molecule has 4 nitrogen and oxygen atoms in total. The normalized spacial score (nSPS) is 12.0. The summed E-state index contributed by atoms with van der Waals surface area (Å²) in [6.45, 7) is 5.94. The molecule has 0 radical (unpaired) electrons. The van der Waals surface area contributed by atoms with Crippen molar-refractivity contribution in [2.45, 2.75) is 6.92 Å². The van der Waals surface area contributed by atoms with Crippen LogP contribution < -0.4 is 5.73 Å². The maximum absolute atomic E-state index is 11.3. The summed E-state index contributed by atoms with van der Waals surface area (Å²) in [4.78, 5) is 0. The Morgan fingerprint density at radius 2 is 2.08 bits per heavy atom. The minimum absolute atomic E-state index is 0.00319. The number of sulfonamides is 1. The molecule has 0 aromatic carbocycles. The smallest absolute Gasteiger partial charge is 0.215 e. The summed E-state index contributed by atoms with van der Waals surface area (Å²) < 4.78 is 23.8. The van der Waals surface area contributed by atoms with Gasteiger partial charge in [0.2, 0.25) is 10.0 Å². The second kappa shape index (κ2) is 4.59. The fourth-order valence-electron chi connectivity index (χ4n) is 0.783. The highest BCUT2D eigenvalue weighted by Crippen LogP contribution is 2.00. The molecule has 0 unspecified atom stereocenters. The lowest BCUT2D eigenvalue weighted by Crippen LogP contribution is -2.33. The topological polar surface area (TPSA) is 63.4 Å². The van der Waals surface area contributed by atoms with E-state index in [9.17, 15) is 8.42 Å². The molecule has 0 fully saturated rings. The van der Waals surface area contributed by atoms with Crippen LogP contribution in [0.15, 0.2) is 12.2 Å². The van der Waals surface area contributed by atoms with E-state index in [0.29, 0.717) is 6.54 Å². The summed E-state index contributed by atoms with van der Waals surface area (Å²) in [5, 5.41) is 0. The Balaban J connectivity index is 4.26. The van der Waals surface area contributed by atoms with Crippen LogP contribution in [0.25, 0.3) is 0 Å². The van der Waals surface area contributed by atoms with E-state index >= 15 is 0 Å². The Morgan fingerprint density at radius 1 is 1.58 bits per heavy atom. The number of nitrogens with two attached hydrogens (primary N) is 1. The zero-order chi connectivity index (χ0) is 9.78. The predicted octanol–water partition coefficient (Wildman–Crippen LogP) is -0.217. The third-order valence-electron chi connectivity index (χ3n) is 1.34. The highest BCUT2D eigenvalue weighted by molar-refractivity contribution is 7.89. The first kappa shape index (κ1) is 11.6. The molecule has 0 aliphatic carbocycles. The number of likely N-dealkylation sites (N-methyl/N-ethyl adjacent to an activating group) is 1. The van der Waals surface area contributed by atoms with Crippen LogP contribution in [0.4, 0.5) is 0 Å². The Kier molecular flexibility index (Phi) is 4.44. The van der Waals surface area contributed by atoms with Crippen molar-refractivity contribution in [2.24, 2.45) is 5.73 Å². The second-order valence-corrected chi connectivity index (χ2v) is 5.01. The number of rotatable bonds is 5. The van der Waals surface area contributed by atoms with Gasteiger partial charge in [-0.2, -0.15) is 0 Å². The van der Waals surface area contributed by atoms with Gasteiger partial charge in [0.15, 0.2) is 0 Å². The second-order valence-electron chi connectivity index (χ2n) is 2.82. The molecule has 0 bridgehead atoms. The van der Waals surface area contributed by atoms with Crippen LogP contribution in [0.2, 0.25) is 0 Å². The van der Waals surface area contributed by atoms with Gasteiger partial charge < -0.3 is 5.73 Å². The molecule has 2 N–H and O–H groups in total. The Bertz CT molecular complexity index is 246. The quantitative estimate of drug-likeness (QED) is 0.613. The summed E-state index contributed by atoms with van der Waals surface area (Å²) in [5.41, 5.74) is 5.97. The molecule has 0 heterocycles. The van der Waals surface area contributed by atoms with Gasteiger partial charge in [-0.1, -0.05) is 12.2 Å². The molecular weight excluding hydrogens is 176 g/mol. The molecule has 0 saturated heterocycles. The minimum atomic E-state index is -3.16. The van der Waals surface area contributed by atoms with E-state index in [4.69, 9.17) is 5.73 Å². The van der Waals surface area contributed by atoms with Crippen LogP contribution in [0.1, 0.15) is 6.92 Å². The molecule has 12 heavy (non-hydrogen) atoms. The van der Waals surface area contributed by atoms with E-state index < -0.39 is 10.0 Å². The fraction of sp³-hybridized carbons (Fsp3) is 0.714. The molecule has 0 aromatic rings. The third-order valence-corrected chi connectivity index (χ3v) is 3.17. The molecule has 0 atom stereocenters. The molecule has 5 heteroatoms. The van der Waals surface area contributed by atoms with Crippen molar-refractivity contribution in [3.8, 4) is 0 Å². The van der Waals surface area contributed by atoms with Crippen LogP contribution in [-0.2, 0) is 10.0 Å². The van der Waals surface area contributed by atoms with Crippen LogP contribution in [0, 0.1) is 0 Å². The molecule has 0 aliphatic rings. The van der Waals surface area contributed by atoms with Crippen LogP contribution >= 0.6 is 0 Å². The van der Waals surface area contributed by atoms with Gasteiger partial charge >= 0.3 is 0 Å². The van der Waals surface area contributed by atoms with E-state index in [1.807, 2.05) is 0 Å². The predicted molar refractivity (Wildman–Crippen MR) is 50.3 cm³/mol. The fourth-order valence-corrected chi connectivity index (χ4v) is 1.81. The molecule has 0 amide bonds. The number of nitrogens with zero attached hydrogens (tertiary/aromatic N) is 1. The summed E-state index contributed by atoms with van der Waals surface area (Å²) in [6, 6.07) is 0. The molecule has 0 aliphatic heterocycles. The lowest BCUT2D eigenvalue weighted by Gasteiger charge is -2.15. The van der Waals surface area contributed by atoms with E-state index in [-0.39, 0.29) is 12.3 Å². The van der Waals surface area contributed by atoms with Gasteiger partial charge in [-0.15, -0.1) is 0 Å². The molecule has 0 aromatic heterocycles. The molecular formula is C7H16N2O2S. The summed E-state index contributed by atoms with van der Waals surface area (Å²) >= 11 is 0. The van der Waals surface area contributed by atoms with Gasteiger partial charge in [-0.3, -0.25) is 0 Å². The van der Waals surface area contributed by atoms with Crippen LogP contribution in [0.3, 0.4) is 0 Å². The number of hydrogen-bond donors (Lipinski definition) is 1. The lowest BCUT2D eigenvalue weighted by atomic mass is 10.4. The summed E-state index contributed by atoms with van der Waals surface area (Å²) in [7, 11) is -1.63. The van der Waals surface area contributed by atoms with Crippen LogP contribution in [0.5, 0.6) is 0 Å². The van der Waals surface area contributed by atoms with Crippen molar-refractivity contribution < 1.29 is 8.42 Å². The minimum Gasteiger partial charge on any atom is -0.329 e. The molecule has 0 saturated carbocycles. The first-order valence-corrected chi connectivity index (χ1v) is 5.29. The Hall–Kier alpha value is -0.390. The maximum atomic E-state index is 11.3. The van der Waals surface area contributed by atoms with Gasteiger partial charge in [0.05, 0.1) is 5.75 Å². The van der Waals surface area contributed by atoms with Crippen molar-refractivity contribution in [3.63, 3.8) is 0 Å². The van der Waals surface area contributed by atoms with Gasteiger partial charge in [0, 0.05) is 20.1 Å². The van der Waals surface area contributed by atoms with E-state index in [0.717, 1.165) is 5.57 Å². The van der Waals surface area contributed by atoms with Gasteiger partial charge in [0.25, 0.3) is 0 Å². The van der Waals surface area contributed by atoms with E-state index in [1.165, 1.54) is 11.4 Å². The lowest BCUT2D eigenvalue weighted by molar-refractivity contribution is 0.493. The Labute approximate surface area is 74.1 Å². The van der Waals surface area contributed by atoms with Crippen molar-refractivity contribution in [1.29, 1.82) is 0 Å². The summed E-state index contributed by atoms with van der Waals surface area (Å²) in [6.07, 6.45) is 0. The molecule has 0 spiro atoms. The van der Waals surface area contributed by atoms with Crippen molar-refractivity contribution in [2.75, 3.05) is 25.9 Å². The van der Waals surface area contributed by atoms with Gasteiger partial charge in [-0.05, 0) is 6.92 Å². The Morgan fingerprint density at radius 3 is 2.42 bits per heavy atom. The standard InChI is InChI=1S/C7H16N2O2S/c1-7(2)6-9(3)12(10,11)5-4-8/h1,4-6,8H2,2-3H3. The molecule has 72 valence electrons. The zero-order valence-corrected chi connectivity index (χ0v) is 8.39. The van der Waals surface area contributed by atoms with Crippen LogP contribution in [-0.4, -0.2) is 38.6 Å². The maximum Gasteiger partial charge on any atom is 0.215 e.